The number of hydrogen-bond acceptors (Lipinski definition) is 5. The number of para-hydroxylation sites is 2. The highest BCUT2D eigenvalue weighted by molar-refractivity contribution is 9.10. The van der Waals surface area contributed by atoms with E-state index in [4.69, 9.17) is 9.47 Å². The smallest absolute Gasteiger partial charge is 0.243 e. The van der Waals surface area contributed by atoms with E-state index in [-0.39, 0.29) is 4.90 Å². The maximum atomic E-state index is 13.0. The van der Waals surface area contributed by atoms with Crippen LogP contribution < -0.4 is 14.4 Å². The Bertz CT molecular complexity index is 896. The molecule has 0 saturated carbocycles. The summed E-state index contributed by atoms with van der Waals surface area (Å²) >= 11 is 3.39. The van der Waals surface area contributed by atoms with Gasteiger partial charge in [0.25, 0.3) is 0 Å². The molecule has 0 radical (unpaired) electrons. The average Bonchev–Trinajstić information content (AvgIpc) is 2.69. The van der Waals surface area contributed by atoms with Crippen molar-refractivity contribution in [1.29, 1.82) is 0 Å². The van der Waals surface area contributed by atoms with E-state index < -0.39 is 10.0 Å². The zero-order chi connectivity index (χ0) is 19.4. The lowest BCUT2D eigenvalue weighted by atomic mass is 10.2. The summed E-state index contributed by atoms with van der Waals surface area (Å²) in [6.07, 6.45) is 0. The van der Waals surface area contributed by atoms with Crippen molar-refractivity contribution in [2.24, 2.45) is 0 Å². The molecule has 0 spiro atoms. The minimum Gasteiger partial charge on any atom is -0.495 e. The number of halogens is 1. The topological polar surface area (TPSA) is 59.1 Å². The number of methoxy groups -OCH3 is 1. The molecule has 0 aliphatic carbocycles. The van der Waals surface area contributed by atoms with E-state index in [1.165, 1.54) is 4.31 Å². The van der Waals surface area contributed by atoms with Gasteiger partial charge in [-0.3, -0.25) is 0 Å². The van der Waals surface area contributed by atoms with Crippen LogP contribution in [0.1, 0.15) is 6.92 Å². The van der Waals surface area contributed by atoms with Crippen LogP contribution in [0.3, 0.4) is 0 Å². The van der Waals surface area contributed by atoms with E-state index in [1.807, 2.05) is 31.2 Å². The van der Waals surface area contributed by atoms with Gasteiger partial charge in [-0.05, 0) is 47.1 Å². The van der Waals surface area contributed by atoms with Crippen LogP contribution in [0.5, 0.6) is 11.5 Å². The molecule has 6 nitrogen and oxygen atoms in total. The van der Waals surface area contributed by atoms with Crippen LogP contribution >= 0.6 is 15.9 Å². The van der Waals surface area contributed by atoms with Gasteiger partial charge in [0.15, 0.2) is 0 Å². The number of ether oxygens (including phenoxy) is 2. The number of rotatable bonds is 6. The SMILES string of the molecule is CCOc1cc(S(=O)(=O)N2CCN(c3ccccc3OC)CC2)ccc1Br. The molecule has 2 aromatic carbocycles. The molecule has 8 heteroatoms. The van der Waals surface area contributed by atoms with Crippen molar-refractivity contribution >= 4 is 31.6 Å². The van der Waals surface area contributed by atoms with Gasteiger partial charge in [-0.1, -0.05) is 12.1 Å². The van der Waals surface area contributed by atoms with Crippen LogP contribution in [0.4, 0.5) is 5.69 Å². The fourth-order valence-electron chi connectivity index (χ4n) is 3.12. The van der Waals surface area contributed by atoms with Crippen LogP contribution in [0, 0.1) is 0 Å². The summed E-state index contributed by atoms with van der Waals surface area (Å²) in [5.41, 5.74) is 0.985. The molecule has 0 N–H and O–H groups in total. The van der Waals surface area contributed by atoms with Crippen molar-refractivity contribution in [3.63, 3.8) is 0 Å². The van der Waals surface area contributed by atoms with Gasteiger partial charge in [0.2, 0.25) is 10.0 Å². The van der Waals surface area contributed by atoms with Crippen molar-refractivity contribution in [3.05, 3.63) is 46.9 Å². The molecule has 0 aromatic heterocycles. The van der Waals surface area contributed by atoms with Gasteiger partial charge in [-0.2, -0.15) is 4.31 Å². The number of nitrogens with zero attached hydrogens (tertiary/aromatic N) is 2. The molecule has 0 unspecified atom stereocenters. The van der Waals surface area contributed by atoms with E-state index in [2.05, 4.69) is 20.8 Å². The Hall–Kier alpha value is -1.77. The van der Waals surface area contributed by atoms with E-state index in [9.17, 15) is 8.42 Å². The first-order valence-electron chi connectivity index (χ1n) is 8.78. The first-order valence-corrected chi connectivity index (χ1v) is 11.0. The van der Waals surface area contributed by atoms with Gasteiger partial charge in [-0.15, -0.1) is 0 Å². The van der Waals surface area contributed by atoms with E-state index in [1.54, 1.807) is 25.3 Å². The molecule has 0 bridgehead atoms. The Morgan fingerprint density at radius 2 is 1.74 bits per heavy atom. The molecule has 1 heterocycles. The van der Waals surface area contributed by atoms with Gasteiger partial charge >= 0.3 is 0 Å². The van der Waals surface area contributed by atoms with Crippen LogP contribution in [-0.2, 0) is 10.0 Å². The molecule has 0 amide bonds. The fraction of sp³-hybridized carbons (Fsp3) is 0.368. The maximum absolute atomic E-state index is 13.0. The van der Waals surface area contributed by atoms with Gasteiger partial charge in [-0.25, -0.2) is 8.42 Å². The van der Waals surface area contributed by atoms with Crippen molar-refractivity contribution in [3.8, 4) is 11.5 Å². The Labute approximate surface area is 168 Å². The second kappa shape index (κ2) is 8.50. The van der Waals surface area contributed by atoms with Gasteiger partial charge in [0, 0.05) is 32.2 Å². The molecule has 1 aliphatic rings. The van der Waals surface area contributed by atoms with Crippen LogP contribution in [0.2, 0.25) is 0 Å². The number of hydrogen-bond donors (Lipinski definition) is 0. The predicted molar refractivity (Wildman–Crippen MR) is 109 cm³/mol. The minimum atomic E-state index is -3.57. The Morgan fingerprint density at radius 3 is 2.41 bits per heavy atom. The Balaban J connectivity index is 1.76. The fourth-order valence-corrected chi connectivity index (χ4v) is 4.92. The largest absolute Gasteiger partial charge is 0.495 e. The van der Waals surface area contributed by atoms with Crippen LogP contribution in [0.15, 0.2) is 51.8 Å². The summed E-state index contributed by atoms with van der Waals surface area (Å²) in [5.74, 6) is 1.33. The third-order valence-corrected chi connectivity index (χ3v) is 7.05. The van der Waals surface area contributed by atoms with Crippen molar-refractivity contribution < 1.29 is 17.9 Å². The standard InChI is InChI=1S/C19H23BrN2O4S/c1-3-26-19-14-15(8-9-16(19)20)27(23,24)22-12-10-21(11-13-22)17-6-4-5-7-18(17)25-2/h4-9,14H,3,10-13H2,1-2H3. The lowest BCUT2D eigenvalue weighted by Crippen LogP contribution is -2.48. The molecule has 146 valence electrons. The monoisotopic (exact) mass is 454 g/mol. The highest BCUT2D eigenvalue weighted by atomic mass is 79.9. The molecule has 1 fully saturated rings. The number of piperazine rings is 1. The van der Waals surface area contributed by atoms with Crippen molar-refractivity contribution in [2.45, 2.75) is 11.8 Å². The normalized spacial score (nSPS) is 15.6. The third-order valence-electron chi connectivity index (χ3n) is 4.50. The van der Waals surface area contributed by atoms with E-state index >= 15 is 0 Å². The van der Waals surface area contributed by atoms with Crippen LogP contribution in [-0.4, -0.2) is 52.6 Å². The molecular formula is C19H23BrN2O4S. The molecule has 27 heavy (non-hydrogen) atoms. The highest BCUT2D eigenvalue weighted by Crippen LogP contribution is 2.31. The first kappa shape index (κ1) is 20.0. The van der Waals surface area contributed by atoms with Crippen molar-refractivity contribution in [2.75, 3.05) is 44.8 Å². The summed E-state index contributed by atoms with van der Waals surface area (Å²) in [5, 5.41) is 0. The lowest BCUT2D eigenvalue weighted by molar-refractivity contribution is 0.336. The Kier molecular flexibility index (Phi) is 6.29. The van der Waals surface area contributed by atoms with Crippen molar-refractivity contribution in [1.82, 2.24) is 4.31 Å². The zero-order valence-corrected chi connectivity index (χ0v) is 17.8. The molecule has 2 aromatic rings. The zero-order valence-electron chi connectivity index (χ0n) is 15.4. The average molecular weight is 455 g/mol. The second-order valence-corrected chi connectivity index (χ2v) is 8.88. The lowest BCUT2D eigenvalue weighted by Gasteiger charge is -2.36. The predicted octanol–water partition coefficient (Wildman–Crippen LogP) is 3.37. The molecule has 1 aliphatic heterocycles. The maximum Gasteiger partial charge on any atom is 0.243 e. The Morgan fingerprint density at radius 1 is 1.04 bits per heavy atom. The van der Waals surface area contributed by atoms with Gasteiger partial charge in [0.1, 0.15) is 11.5 Å². The summed E-state index contributed by atoms with van der Waals surface area (Å²) in [6, 6.07) is 12.7. The molecule has 1 saturated heterocycles. The number of sulfonamides is 1. The summed E-state index contributed by atoms with van der Waals surface area (Å²) in [7, 11) is -1.92. The van der Waals surface area contributed by atoms with Gasteiger partial charge < -0.3 is 14.4 Å². The minimum absolute atomic E-state index is 0.250. The third kappa shape index (κ3) is 4.23. The highest BCUT2D eigenvalue weighted by Gasteiger charge is 2.29. The summed E-state index contributed by atoms with van der Waals surface area (Å²) < 4.78 is 39.3. The summed E-state index contributed by atoms with van der Waals surface area (Å²) in [6.45, 7) is 4.38. The molecule has 3 rings (SSSR count). The van der Waals surface area contributed by atoms with Gasteiger partial charge in [0.05, 0.1) is 28.8 Å². The number of benzene rings is 2. The van der Waals surface area contributed by atoms with E-state index in [0.29, 0.717) is 38.5 Å². The quantitative estimate of drug-likeness (QED) is 0.669. The molecule has 0 atom stereocenters. The molecular weight excluding hydrogens is 432 g/mol. The first-order chi connectivity index (χ1) is 13.0. The number of anilines is 1. The van der Waals surface area contributed by atoms with Crippen LogP contribution in [0.25, 0.3) is 0 Å². The second-order valence-electron chi connectivity index (χ2n) is 6.09. The summed E-state index contributed by atoms with van der Waals surface area (Å²) in [4.78, 5) is 2.40. The van der Waals surface area contributed by atoms with E-state index in [0.717, 1.165) is 15.9 Å².